The molecule has 0 fully saturated rings. The Kier molecular flexibility index (Phi) is 2.13. The molecule has 0 saturated heterocycles. The molecular weight excluding hydrogens is 193 g/mol. The lowest BCUT2D eigenvalue weighted by atomic mass is 10.6. The van der Waals surface area contributed by atoms with Crippen LogP contribution in [0.4, 0.5) is 18.0 Å². The number of oxazole rings is 1. The average Bonchev–Trinajstić information content (AvgIpc) is 2.32. The van der Waals surface area contributed by atoms with Crippen molar-refractivity contribution in [2.24, 2.45) is 5.73 Å². The van der Waals surface area contributed by atoms with Crippen LogP contribution in [0.5, 0.6) is 5.88 Å². The van der Waals surface area contributed by atoms with Crippen LogP contribution in [0, 0.1) is 0 Å². The molecule has 0 bridgehead atoms. The van der Waals surface area contributed by atoms with Crippen molar-refractivity contribution in [2.45, 2.75) is 6.18 Å². The van der Waals surface area contributed by atoms with E-state index in [2.05, 4.69) is 19.9 Å². The molecule has 72 valence electrons. The lowest BCUT2D eigenvalue weighted by Crippen LogP contribution is -2.16. The van der Waals surface area contributed by atoms with E-state index in [0.717, 1.165) is 0 Å². The third-order valence-corrected chi connectivity index (χ3v) is 0.931. The number of halogens is 3. The first kappa shape index (κ1) is 9.36. The molecule has 0 atom stereocenters. The molecule has 1 heterocycles. The lowest BCUT2D eigenvalue weighted by molar-refractivity contribution is -0.157. The summed E-state index contributed by atoms with van der Waals surface area (Å²) < 4.78 is 43.4. The van der Waals surface area contributed by atoms with Gasteiger partial charge < -0.3 is 14.9 Å². The van der Waals surface area contributed by atoms with Gasteiger partial charge in [0.25, 0.3) is 5.88 Å². The van der Waals surface area contributed by atoms with E-state index >= 15 is 0 Å². The quantitative estimate of drug-likeness (QED) is 0.730. The Morgan fingerprint density at radius 1 is 1.62 bits per heavy atom. The fraction of sp³-hybridized carbons (Fsp3) is 0.200. The van der Waals surface area contributed by atoms with Crippen LogP contribution in [0.3, 0.4) is 0 Å². The zero-order valence-corrected chi connectivity index (χ0v) is 5.96. The number of rotatable bonds is 1. The Hall–Kier alpha value is -1.73. The highest BCUT2D eigenvalue weighted by Gasteiger charge is 2.37. The fourth-order valence-electron chi connectivity index (χ4n) is 0.539. The molecule has 2 N–H and O–H groups in total. The van der Waals surface area contributed by atoms with Crippen LogP contribution >= 0.6 is 0 Å². The number of primary amides is 1. The summed E-state index contributed by atoms with van der Waals surface area (Å²) in [5.41, 5.74) is 4.52. The first-order chi connectivity index (χ1) is 5.89. The van der Waals surface area contributed by atoms with E-state index in [-0.39, 0.29) is 0 Å². The molecule has 0 aliphatic rings. The van der Waals surface area contributed by atoms with Crippen LogP contribution in [0.25, 0.3) is 0 Å². The van der Waals surface area contributed by atoms with E-state index in [4.69, 9.17) is 0 Å². The van der Waals surface area contributed by atoms with Crippen molar-refractivity contribution in [1.29, 1.82) is 0 Å². The average molecular weight is 196 g/mol. The maximum Gasteiger partial charge on any atom is 0.469 e. The largest absolute Gasteiger partial charge is 0.469 e. The van der Waals surface area contributed by atoms with Gasteiger partial charge in [0, 0.05) is 0 Å². The normalized spacial score (nSPS) is 11.3. The van der Waals surface area contributed by atoms with E-state index in [1.165, 1.54) is 0 Å². The van der Waals surface area contributed by atoms with Gasteiger partial charge in [-0.2, -0.15) is 18.2 Å². The number of carbonyl (C=O) groups excluding carboxylic acids is 1. The molecular formula is C5H3F3N2O3. The minimum atomic E-state index is -4.71. The van der Waals surface area contributed by atoms with Gasteiger partial charge in [-0.3, -0.25) is 0 Å². The fourth-order valence-corrected chi connectivity index (χ4v) is 0.539. The topological polar surface area (TPSA) is 78.4 Å². The van der Waals surface area contributed by atoms with Crippen molar-refractivity contribution < 1.29 is 27.1 Å². The van der Waals surface area contributed by atoms with Crippen LogP contribution in [0.1, 0.15) is 5.89 Å². The minimum Gasteiger partial charge on any atom is -0.437 e. The predicted molar refractivity (Wildman–Crippen MR) is 31.7 cm³/mol. The highest BCUT2D eigenvalue weighted by atomic mass is 19.4. The Morgan fingerprint density at radius 2 is 2.23 bits per heavy atom. The summed E-state index contributed by atoms with van der Waals surface area (Å²) in [6, 6.07) is 0. The van der Waals surface area contributed by atoms with Crippen molar-refractivity contribution in [3.05, 3.63) is 12.2 Å². The van der Waals surface area contributed by atoms with Crippen LogP contribution < -0.4 is 10.5 Å². The van der Waals surface area contributed by atoms with Gasteiger partial charge in [-0.15, -0.1) is 0 Å². The number of hydrogen-bond acceptors (Lipinski definition) is 4. The van der Waals surface area contributed by atoms with Gasteiger partial charge in [-0.05, 0) is 0 Å². The van der Waals surface area contributed by atoms with E-state index in [1.807, 2.05) is 0 Å². The summed E-state index contributed by atoms with van der Waals surface area (Å²) in [5, 5.41) is 0. The van der Waals surface area contributed by atoms with Crippen molar-refractivity contribution in [3.8, 4) is 5.88 Å². The molecule has 8 heteroatoms. The van der Waals surface area contributed by atoms with Crippen molar-refractivity contribution in [1.82, 2.24) is 4.98 Å². The molecule has 0 saturated carbocycles. The summed E-state index contributed by atoms with van der Waals surface area (Å²) in [4.78, 5) is 12.9. The lowest BCUT2D eigenvalue weighted by Gasteiger charge is -1.97. The number of alkyl halides is 3. The number of ether oxygens (including phenoxy) is 1. The zero-order valence-electron chi connectivity index (χ0n) is 5.96. The third-order valence-electron chi connectivity index (χ3n) is 0.931. The van der Waals surface area contributed by atoms with E-state index in [9.17, 15) is 18.0 Å². The predicted octanol–water partition coefficient (Wildman–Crippen LogP) is 1.15. The smallest absolute Gasteiger partial charge is 0.437 e. The monoisotopic (exact) mass is 196 g/mol. The molecule has 0 aliphatic heterocycles. The van der Waals surface area contributed by atoms with Gasteiger partial charge >= 0.3 is 18.2 Å². The zero-order chi connectivity index (χ0) is 10.1. The summed E-state index contributed by atoms with van der Waals surface area (Å²) in [7, 11) is 0. The van der Waals surface area contributed by atoms with E-state index < -0.39 is 24.0 Å². The van der Waals surface area contributed by atoms with Crippen LogP contribution in [0.2, 0.25) is 0 Å². The Balaban J connectivity index is 2.81. The van der Waals surface area contributed by atoms with E-state index in [1.54, 1.807) is 0 Å². The van der Waals surface area contributed by atoms with Gasteiger partial charge in [0.15, 0.2) is 6.26 Å². The standard InChI is InChI=1S/C5H3F3N2O3/c6-5(7,8)3-10-2(1-12-3)13-4(9)11/h1H,(H2,9,11). The van der Waals surface area contributed by atoms with Crippen molar-refractivity contribution >= 4 is 6.09 Å². The second-order valence-corrected chi connectivity index (χ2v) is 1.91. The van der Waals surface area contributed by atoms with Crippen molar-refractivity contribution in [2.75, 3.05) is 0 Å². The van der Waals surface area contributed by atoms with Gasteiger partial charge in [-0.25, -0.2) is 4.79 Å². The van der Waals surface area contributed by atoms with Crippen LogP contribution in [0.15, 0.2) is 10.7 Å². The number of nitrogens with two attached hydrogens (primary N) is 1. The number of nitrogens with zero attached hydrogens (tertiary/aromatic N) is 1. The molecule has 0 radical (unpaired) electrons. The molecule has 13 heavy (non-hydrogen) atoms. The minimum absolute atomic E-state index is 0.535. The number of aromatic nitrogens is 1. The number of amides is 1. The molecule has 5 nitrogen and oxygen atoms in total. The van der Waals surface area contributed by atoms with Crippen molar-refractivity contribution in [3.63, 3.8) is 0 Å². The van der Waals surface area contributed by atoms with Gasteiger partial charge in [0.1, 0.15) is 0 Å². The molecule has 0 aromatic carbocycles. The highest BCUT2D eigenvalue weighted by Crippen LogP contribution is 2.29. The van der Waals surface area contributed by atoms with Gasteiger partial charge in [0.2, 0.25) is 0 Å². The number of carbonyl (C=O) groups is 1. The summed E-state index contributed by atoms with van der Waals surface area (Å²) in [6.45, 7) is 0. The maximum absolute atomic E-state index is 11.8. The summed E-state index contributed by atoms with van der Waals surface area (Å²) in [5.74, 6) is -2.12. The molecule has 1 aromatic heterocycles. The molecule has 1 amide bonds. The van der Waals surface area contributed by atoms with Crippen LogP contribution in [-0.4, -0.2) is 11.1 Å². The maximum atomic E-state index is 11.8. The molecule has 1 aromatic rings. The SMILES string of the molecule is NC(=O)Oc1coc(C(F)(F)F)n1. The first-order valence-electron chi connectivity index (χ1n) is 2.89. The molecule has 0 unspecified atom stereocenters. The first-order valence-corrected chi connectivity index (χ1v) is 2.89. The molecule has 1 rings (SSSR count). The summed E-state index contributed by atoms with van der Waals surface area (Å²) >= 11 is 0. The highest BCUT2D eigenvalue weighted by molar-refractivity contribution is 5.67. The van der Waals surface area contributed by atoms with Crippen LogP contribution in [-0.2, 0) is 6.18 Å². The third kappa shape index (κ3) is 2.36. The second-order valence-electron chi connectivity index (χ2n) is 1.91. The second kappa shape index (κ2) is 2.96. The van der Waals surface area contributed by atoms with Gasteiger partial charge in [0.05, 0.1) is 0 Å². The van der Waals surface area contributed by atoms with E-state index in [0.29, 0.717) is 6.26 Å². The molecule has 0 aliphatic carbocycles. The Morgan fingerprint density at radius 3 is 2.62 bits per heavy atom. The Labute approximate surface area is 69.3 Å². The van der Waals surface area contributed by atoms with Gasteiger partial charge in [-0.1, -0.05) is 0 Å². The molecule has 0 spiro atoms. The number of hydrogen-bond donors (Lipinski definition) is 1. The Bertz CT molecular complexity index is 319. The summed E-state index contributed by atoms with van der Waals surface area (Å²) in [6.07, 6.45) is -5.44.